The van der Waals surface area contributed by atoms with Gasteiger partial charge in [0.05, 0.1) is 53.4 Å². The summed E-state index contributed by atoms with van der Waals surface area (Å²) in [6.45, 7) is 1.03. The van der Waals surface area contributed by atoms with Gasteiger partial charge in [-0.1, -0.05) is 46.8 Å². The third-order valence-electron chi connectivity index (χ3n) is 5.15. The number of hydrogen-bond acceptors (Lipinski definition) is 8. The number of rotatable bonds is 9. The maximum Gasteiger partial charge on any atom is 0.415 e. The average molecular weight is 463 g/mol. The zero-order valence-corrected chi connectivity index (χ0v) is 19.2. The van der Waals surface area contributed by atoms with Crippen molar-refractivity contribution in [3.05, 3.63) is 77.7 Å². The first-order chi connectivity index (χ1) is 16.6. The smallest absolute Gasteiger partial charge is 0.415 e. The van der Waals surface area contributed by atoms with Gasteiger partial charge in [-0.15, -0.1) is 10.2 Å². The van der Waals surface area contributed by atoms with Gasteiger partial charge in [0.25, 0.3) is 0 Å². The lowest BCUT2D eigenvalue weighted by molar-refractivity contribution is 0.178. The van der Waals surface area contributed by atoms with Gasteiger partial charge in [0, 0.05) is 11.1 Å². The van der Waals surface area contributed by atoms with E-state index in [-0.39, 0.29) is 6.54 Å². The van der Waals surface area contributed by atoms with Crippen molar-refractivity contribution >= 4 is 11.9 Å². The SMILES string of the molecule is COC(=O)N(Cc1cn(Cc2ccccc2OC)nn1)c1cn(Cc2ccccc2OC)nn1. The Bertz CT molecular complexity index is 1250. The monoisotopic (exact) mass is 463 g/mol. The summed E-state index contributed by atoms with van der Waals surface area (Å²) in [6.07, 6.45) is 2.85. The minimum absolute atomic E-state index is 0.117. The molecule has 11 nitrogen and oxygen atoms in total. The molecule has 0 aliphatic heterocycles. The molecule has 0 fully saturated rings. The molecule has 2 heterocycles. The maximum absolute atomic E-state index is 12.5. The van der Waals surface area contributed by atoms with Crippen molar-refractivity contribution in [2.24, 2.45) is 0 Å². The van der Waals surface area contributed by atoms with Gasteiger partial charge in [-0.05, 0) is 12.1 Å². The third-order valence-corrected chi connectivity index (χ3v) is 5.15. The molecule has 2 aromatic carbocycles. The summed E-state index contributed by atoms with van der Waals surface area (Å²) in [5, 5.41) is 16.7. The molecule has 11 heteroatoms. The van der Waals surface area contributed by atoms with Crippen molar-refractivity contribution in [1.82, 2.24) is 30.0 Å². The molecule has 4 aromatic rings. The van der Waals surface area contributed by atoms with Crippen molar-refractivity contribution in [3.63, 3.8) is 0 Å². The van der Waals surface area contributed by atoms with Crippen LogP contribution in [0.2, 0.25) is 0 Å². The largest absolute Gasteiger partial charge is 0.496 e. The summed E-state index contributed by atoms with van der Waals surface area (Å²) in [4.78, 5) is 13.9. The predicted molar refractivity (Wildman–Crippen MR) is 123 cm³/mol. The Labute approximate surface area is 196 Å². The molecule has 0 radical (unpaired) electrons. The number of anilines is 1. The molecule has 4 rings (SSSR count). The van der Waals surface area contributed by atoms with E-state index in [2.05, 4.69) is 20.6 Å². The first-order valence-corrected chi connectivity index (χ1v) is 10.5. The lowest BCUT2D eigenvalue weighted by Gasteiger charge is -2.16. The molecule has 0 saturated carbocycles. The van der Waals surface area contributed by atoms with Gasteiger partial charge in [-0.3, -0.25) is 4.90 Å². The quantitative estimate of drug-likeness (QED) is 0.373. The highest BCUT2D eigenvalue weighted by molar-refractivity contribution is 5.85. The Kier molecular flexibility index (Phi) is 7.01. The number of hydrogen-bond donors (Lipinski definition) is 0. The molecule has 0 bridgehead atoms. The van der Waals surface area contributed by atoms with Crippen LogP contribution in [0.1, 0.15) is 16.8 Å². The lowest BCUT2D eigenvalue weighted by atomic mass is 10.2. The lowest BCUT2D eigenvalue weighted by Crippen LogP contribution is -2.30. The molecular weight excluding hydrogens is 438 g/mol. The van der Waals surface area contributed by atoms with E-state index >= 15 is 0 Å². The highest BCUT2D eigenvalue weighted by Crippen LogP contribution is 2.21. The number of methoxy groups -OCH3 is 3. The minimum atomic E-state index is -0.580. The summed E-state index contributed by atoms with van der Waals surface area (Å²) in [5.74, 6) is 1.85. The van der Waals surface area contributed by atoms with E-state index in [1.54, 1.807) is 36.0 Å². The van der Waals surface area contributed by atoms with Gasteiger partial charge in [-0.25, -0.2) is 14.2 Å². The van der Waals surface area contributed by atoms with Crippen LogP contribution in [0.25, 0.3) is 0 Å². The predicted octanol–water partition coefficient (Wildman–Crippen LogP) is 2.76. The maximum atomic E-state index is 12.5. The molecule has 2 aromatic heterocycles. The number of benzene rings is 2. The molecule has 34 heavy (non-hydrogen) atoms. The number of amides is 1. The van der Waals surface area contributed by atoms with Gasteiger partial charge in [-0.2, -0.15) is 0 Å². The Morgan fingerprint density at radius 3 is 1.97 bits per heavy atom. The fourth-order valence-corrected chi connectivity index (χ4v) is 3.50. The molecule has 1 amide bonds. The summed E-state index contributed by atoms with van der Waals surface area (Å²) in [7, 11) is 4.56. The van der Waals surface area contributed by atoms with E-state index in [0.717, 1.165) is 22.6 Å². The van der Waals surface area contributed by atoms with Crippen LogP contribution in [0.15, 0.2) is 60.9 Å². The Morgan fingerprint density at radius 1 is 0.824 bits per heavy atom. The second-order valence-corrected chi connectivity index (χ2v) is 7.36. The number of carbonyl (C=O) groups excluding carboxylic acids is 1. The van der Waals surface area contributed by atoms with E-state index in [4.69, 9.17) is 14.2 Å². The van der Waals surface area contributed by atoms with Crippen LogP contribution in [0, 0.1) is 0 Å². The summed E-state index contributed by atoms with van der Waals surface area (Å²) in [5.41, 5.74) is 2.47. The Hall–Kier alpha value is -4.41. The third kappa shape index (κ3) is 5.14. The first-order valence-electron chi connectivity index (χ1n) is 10.5. The second-order valence-electron chi connectivity index (χ2n) is 7.36. The molecule has 176 valence electrons. The van der Waals surface area contributed by atoms with Gasteiger partial charge in [0.1, 0.15) is 17.2 Å². The van der Waals surface area contributed by atoms with Crippen LogP contribution < -0.4 is 14.4 Å². The normalized spacial score (nSPS) is 10.7. The van der Waals surface area contributed by atoms with Crippen molar-refractivity contribution in [2.45, 2.75) is 19.6 Å². The van der Waals surface area contributed by atoms with Crippen LogP contribution in [0.4, 0.5) is 10.6 Å². The van der Waals surface area contributed by atoms with E-state index in [1.807, 2.05) is 48.5 Å². The molecule has 0 aliphatic carbocycles. The van der Waals surface area contributed by atoms with E-state index < -0.39 is 6.09 Å². The topological polar surface area (TPSA) is 109 Å². The highest BCUT2D eigenvalue weighted by atomic mass is 16.5. The van der Waals surface area contributed by atoms with Crippen LogP contribution >= 0.6 is 0 Å². The van der Waals surface area contributed by atoms with E-state index in [0.29, 0.717) is 24.6 Å². The molecular formula is C23H25N7O4. The van der Waals surface area contributed by atoms with Crippen molar-refractivity contribution in [2.75, 3.05) is 26.2 Å². The Balaban J connectivity index is 1.50. The number of para-hydroxylation sites is 2. The number of nitrogens with zero attached hydrogens (tertiary/aromatic N) is 7. The average Bonchev–Trinajstić information content (AvgIpc) is 3.52. The van der Waals surface area contributed by atoms with Crippen molar-refractivity contribution in [1.29, 1.82) is 0 Å². The van der Waals surface area contributed by atoms with Crippen LogP contribution in [0.3, 0.4) is 0 Å². The molecule has 0 atom stereocenters. The zero-order valence-electron chi connectivity index (χ0n) is 19.2. The Morgan fingerprint density at radius 2 is 1.38 bits per heavy atom. The summed E-state index contributed by atoms with van der Waals surface area (Å²) < 4.78 is 19.1. The molecule has 0 spiro atoms. The van der Waals surface area contributed by atoms with E-state index in [1.165, 1.54) is 12.0 Å². The minimum Gasteiger partial charge on any atom is -0.496 e. The first kappa shape index (κ1) is 22.8. The fraction of sp³-hybridized carbons (Fsp3) is 0.261. The van der Waals surface area contributed by atoms with Crippen LogP contribution in [-0.2, 0) is 24.4 Å². The van der Waals surface area contributed by atoms with Gasteiger partial charge >= 0.3 is 6.09 Å². The van der Waals surface area contributed by atoms with E-state index in [9.17, 15) is 4.79 Å². The van der Waals surface area contributed by atoms with Gasteiger partial charge in [0.15, 0.2) is 5.82 Å². The number of ether oxygens (including phenoxy) is 3. The summed E-state index contributed by atoms with van der Waals surface area (Å²) >= 11 is 0. The number of carbonyl (C=O) groups is 1. The zero-order chi connectivity index (χ0) is 23.9. The highest BCUT2D eigenvalue weighted by Gasteiger charge is 2.22. The van der Waals surface area contributed by atoms with Crippen LogP contribution in [-0.4, -0.2) is 57.4 Å². The second kappa shape index (κ2) is 10.5. The van der Waals surface area contributed by atoms with Gasteiger partial charge < -0.3 is 14.2 Å². The van der Waals surface area contributed by atoms with Crippen LogP contribution in [0.5, 0.6) is 11.5 Å². The van der Waals surface area contributed by atoms with Crippen molar-refractivity contribution < 1.29 is 19.0 Å². The van der Waals surface area contributed by atoms with Crippen molar-refractivity contribution in [3.8, 4) is 11.5 Å². The summed E-state index contributed by atoms with van der Waals surface area (Å²) in [6, 6.07) is 15.3. The number of aromatic nitrogens is 6. The molecule has 0 aliphatic rings. The molecule has 0 unspecified atom stereocenters. The molecule has 0 saturated heterocycles. The standard InChI is InChI=1S/C23H25N7O4/c1-32-20-10-6-4-8-17(20)12-28-14-19(24-26-28)15-30(23(31)34-3)22-16-29(27-25-22)13-18-9-5-7-11-21(18)33-2/h4-11,14,16H,12-13,15H2,1-3H3. The van der Waals surface area contributed by atoms with Gasteiger partial charge in [0.2, 0.25) is 0 Å². The fourth-order valence-electron chi connectivity index (χ4n) is 3.50. The molecule has 0 N–H and O–H groups in total.